The van der Waals surface area contributed by atoms with Crippen LogP contribution in [0.5, 0.6) is 0 Å². The van der Waals surface area contributed by atoms with Crippen LogP contribution in [0.4, 0.5) is 4.79 Å². The summed E-state index contributed by atoms with van der Waals surface area (Å²) in [5.74, 6) is -1.70. The molecule has 1 aliphatic carbocycles. The molecule has 3 aromatic carbocycles. The third-order valence-electron chi connectivity index (χ3n) is 7.25. The summed E-state index contributed by atoms with van der Waals surface area (Å²) in [4.78, 5) is 41.2. The zero-order valence-electron chi connectivity index (χ0n) is 23.1. The molecule has 0 saturated carbocycles. The van der Waals surface area contributed by atoms with Crippen LogP contribution in [0.15, 0.2) is 91.4 Å². The van der Waals surface area contributed by atoms with Gasteiger partial charge in [-0.2, -0.15) is 0 Å². The Morgan fingerprint density at radius 3 is 2.24 bits per heavy atom. The van der Waals surface area contributed by atoms with Crippen LogP contribution in [0.2, 0.25) is 0 Å². The van der Waals surface area contributed by atoms with E-state index in [1.54, 1.807) is 11.5 Å². The molecule has 0 radical (unpaired) electrons. The van der Waals surface area contributed by atoms with Gasteiger partial charge in [-0.1, -0.05) is 78.9 Å². The molecule has 10 nitrogen and oxygen atoms in total. The van der Waals surface area contributed by atoms with Crippen LogP contribution in [0.1, 0.15) is 40.0 Å². The predicted molar refractivity (Wildman–Crippen MR) is 155 cm³/mol. The highest BCUT2D eigenvalue weighted by atomic mass is 16.5. The van der Waals surface area contributed by atoms with E-state index in [0.29, 0.717) is 6.54 Å². The minimum atomic E-state index is -1.13. The first-order chi connectivity index (χ1) is 20.4. The Kier molecular flexibility index (Phi) is 8.93. The van der Waals surface area contributed by atoms with Gasteiger partial charge >= 0.3 is 12.1 Å². The van der Waals surface area contributed by atoms with Gasteiger partial charge in [-0.25, -0.2) is 14.6 Å². The number of rotatable bonds is 12. The molecule has 216 valence electrons. The van der Waals surface area contributed by atoms with Gasteiger partial charge < -0.3 is 29.8 Å². The summed E-state index contributed by atoms with van der Waals surface area (Å²) in [5.41, 5.74) is 5.27. The summed E-state index contributed by atoms with van der Waals surface area (Å²) >= 11 is 0. The van der Waals surface area contributed by atoms with Crippen molar-refractivity contribution < 1.29 is 29.0 Å². The molecular formula is C32H32N4O6. The van der Waals surface area contributed by atoms with E-state index in [1.165, 1.54) is 12.5 Å². The van der Waals surface area contributed by atoms with Crippen molar-refractivity contribution in [3.63, 3.8) is 0 Å². The number of benzene rings is 3. The number of nitrogens with one attached hydrogen (secondary N) is 2. The van der Waals surface area contributed by atoms with E-state index in [-0.39, 0.29) is 31.4 Å². The van der Waals surface area contributed by atoms with E-state index in [9.17, 15) is 14.4 Å². The molecule has 1 aromatic heterocycles. The maximum Gasteiger partial charge on any atom is 0.407 e. The normalized spacial score (nSPS) is 13.5. The van der Waals surface area contributed by atoms with Crippen LogP contribution >= 0.6 is 0 Å². The number of aromatic carboxylic acids is 1. The smallest absolute Gasteiger partial charge is 0.407 e. The number of carboxylic acids is 1. The lowest BCUT2D eigenvalue weighted by molar-refractivity contribution is -0.127. The lowest BCUT2D eigenvalue weighted by Gasteiger charge is -2.25. The topological polar surface area (TPSA) is 132 Å². The molecule has 0 spiro atoms. The number of nitrogens with zero attached hydrogens (tertiary/aromatic N) is 2. The molecule has 3 N–H and O–H groups in total. The van der Waals surface area contributed by atoms with Gasteiger partial charge in [0.25, 0.3) is 0 Å². The van der Waals surface area contributed by atoms with Crippen LogP contribution in [0.3, 0.4) is 0 Å². The highest BCUT2D eigenvalue weighted by Crippen LogP contribution is 2.44. The lowest BCUT2D eigenvalue weighted by Crippen LogP contribution is -2.53. The van der Waals surface area contributed by atoms with Crippen molar-refractivity contribution in [2.45, 2.75) is 38.1 Å². The summed E-state index contributed by atoms with van der Waals surface area (Å²) < 4.78 is 13.2. The van der Waals surface area contributed by atoms with Crippen LogP contribution in [0.25, 0.3) is 11.1 Å². The predicted octanol–water partition coefficient (Wildman–Crippen LogP) is 4.21. The third-order valence-corrected chi connectivity index (χ3v) is 7.25. The molecule has 2 amide bonds. The second kappa shape index (κ2) is 13.1. The Balaban J connectivity index is 1.22. The number of imidazole rings is 1. The van der Waals surface area contributed by atoms with Crippen LogP contribution in [-0.4, -0.2) is 57.9 Å². The first-order valence-corrected chi connectivity index (χ1v) is 13.7. The maximum absolute atomic E-state index is 13.2. The summed E-state index contributed by atoms with van der Waals surface area (Å²) in [6.07, 6.45) is 1.35. The quantitative estimate of drug-likeness (QED) is 0.233. The summed E-state index contributed by atoms with van der Waals surface area (Å²) in [6.45, 7) is 2.56. The number of amides is 2. The standard InChI is InChI=1S/C32H32N4O6/c1-21(41-18-22-9-3-2-4-10-22)29(30(37)33-15-16-36-17-28(31(38)39)34-20-36)35-32(40)42-19-27-25-13-7-5-11-23(25)24-12-6-8-14-26(24)27/h2-14,17,20-21,27,29H,15-16,18-19H2,1H3,(H,33,37)(H,35,40)(H,38,39)/t21-,29+/m0/s1. The zero-order chi connectivity index (χ0) is 29.5. The first kappa shape index (κ1) is 28.6. The largest absolute Gasteiger partial charge is 0.476 e. The third kappa shape index (κ3) is 6.67. The molecule has 0 aliphatic heterocycles. The van der Waals surface area contributed by atoms with E-state index in [4.69, 9.17) is 14.6 Å². The molecule has 1 aliphatic rings. The van der Waals surface area contributed by atoms with Crippen LogP contribution in [-0.2, 0) is 27.4 Å². The van der Waals surface area contributed by atoms with Crippen molar-refractivity contribution in [1.29, 1.82) is 0 Å². The molecule has 10 heteroatoms. The number of hydrogen-bond acceptors (Lipinski definition) is 6. The molecular weight excluding hydrogens is 536 g/mol. The SMILES string of the molecule is C[C@H](OCc1ccccc1)[C@@H](NC(=O)OCC1c2ccccc2-c2ccccc21)C(=O)NCCn1cnc(C(=O)O)c1. The fourth-order valence-electron chi connectivity index (χ4n) is 5.07. The highest BCUT2D eigenvalue weighted by Gasteiger charge is 2.31. The van der Waals surface area contributed by atoms with Crippen molar-refractivity contribution in [3.8, 4) is 11.1 Å². The van der Waals surface area contributed by atoms with E-state index in [1.807, 2.05) is 66.7 Å². The summed E-state index contributed by atoms with van der Waals surface area (Å²) in [7, 11) is 0. The number of alkyl carbamates (subject to hydrolysis) is 1. The molecule has 0 fully saturated rings. The Labute approximate surface area is 243 Å². The van der Waals surface area contributed by atoms with Crippen molar-refractivity contribution in [2.24, 2.45) is 0 Å². The Hall–Kier alpha value is -4.96. The number of carbonyl (C=O) groups excluding carboxylic acids is 2. The second-order valence-electron chi connectivity index (χ2n) is 10.0. The van der Waals surface area contributed by atoms with Crippen molar-refractivity contribution in [2.75, 3.05) is 13.2 Å². The molecule has 4 aromatic rings. The highest BCUT2D eigenvalue weighted by molar-refractivity contribution is 5.86. The molecule has 1 heterocycles. The number of carbonyl (C=O) groups is 3. The van der Waals surface area contributed by atoms with E-state index in [0.717, 1.165) is 27.8 Å². The number of fused-ring (bicyclic) bond motifs is 3. The van der Waals surface area contributed by atoms with Crippen molar-refractivity contribution >= 4 is 18.0 Å². The molecule has 2 atom stereocenters. The van der Waals surface area contributed by atoms with Gasteiger partial charge in [0.1, 0.15) is 12.6 Å². The molecule has 0 unspecified atom stereocenters. The van der Waals surface area contributed by atoms with Crippen LogP contribution in [0, 0.1) is 0 Å². The Morgan fingerprint density at radius 2 is 1.60 bits per heavy atom. The van der Waals surface area contributed by atoms with Gasteiger partial charge in [0.15, 0.2) is 5.69 Å². The number of aromatic nitrogens is 2. The molecule has 42 heavy (non-hydrogen) atoms. The summed E-state index contributed by atoms with van der Waals surface area (Å²) in [6, 6.07) is 24.6. The van der Waals surface area contributed by atoms with E-state index >= 15 is 0 Å². The number of hydrogen-bond donors (Lipinski definition) is 3. The van der Waals surface area contributed by atoms with Gasteiger partial charge in [-0.15, -0.1) is 0 Å². The zero-order valence-corrected chi connectivity index (χ0v) is 23.1. The lowest BCUT2D eigenvalue weighted by atomic mass is 9.98. The fraction of sp³-hybridized carbons (Fsp3) is 0.250. The average Bonchev–Trinajstić information content (AvgIpc) is 3.61. The average molecular weight is 569 g/mol. The first-order valence-electron chi connectivity index (χ1n) is 13.7. The van der Waals surface area contributed by atoms with Gasteiger partial charge in [0.05, 0.1) is 19.0 Å². The van der Waals surface area contributed by atoms with Crippen molar-refractivity contribution in [3.05, 3.63) is 114 Å². The number of carboxylic acid groups (broad SMARTS) is 1. The summed E-state index contributed by atoms with van der Waals surface area (Å²) in [5, 5.41) is 14.6. The Morgan fingerprint density at radius 1 is 0.952 bits per heavy atom. The van der Waals surface area contributed by atoms with Gasteiger partial charge in [0.2, 0.25) is 5.91 Å². The minimum Gasteiger partial charge on any atom is -0.476 e. The Bertz CT molecular complexity index is 1510. The second-order valence-corrected chi connectivity index (χ2v) is 10.0. The maximum atomic E-state index is 13.2. The number of ether oxygens (including phenoxy) is 2. The van der Waals surface area contributed by atoms with Gasteiger partial charge in [0, 0.05) is 25.2 Å². The van der Waals surface area contributed by atoms with Crippen LogP contribution < -0.4 is 10.6 Å². The fourth-order valence-corrected chi connectivity index (χ4v) is 5.07. The molecule has 0 saturated heterocycles. The monoisotopic (exact) mass is 568 g/mol. The molecule has 5 rings (SSSR count). The van der Waals surface area contributed by atoms with E-state index < -0.39 is 30.1 Å². The van der Waals surface area contributed by atoms with Gasteiger partial charge in [-0.05, 0) is 34.7 Å². The minimum absolute atomic E-state index is 0.0842. The van der Waals surface area contributed by atoms with Gasteiger partial charge in [-0.3, -0.25) is 4.79 Å². The van der Waals surface area contributed by atoms with E-state index in [2.05, 4.69) is 27.8 Å². The molecule has 0 bridgehead atoms. The van der Waals surface area contributed by atoms with Crippen molar-refractivity contribution in [1.82, 2.24) is 20.2 Å².